The van der Waals surface area contributed by atoms with Gasteiger partial charge in [0.15, 0.2) is 0 Å². The van der Waals surface area contributed by atoms with Gasteiger partial charge in [0.2, 0.25) is 0 Å². The highest BCUT2D eigenvalue weighted by atomic mass is 19.1. The third-order valence-corrected chi connectivity index (χ3v) is 2.37. The van der Waals surface area contributed by atoms with Gasteiger partial charge in [-0.3, -0.25) is 0 Å². The fourth-order valence-corrected chi connectivity index (χ4v) is 1.45. The van der Waals surface area contributed by atoms with E-state index in [0.29, 0.717) is 11.5 Å². The molecule has 0 atom stereocenters. The topological polar surface area (TPSA) is 39.2 Å². The lowest BCUT2D eigenvalue weighted by atomic mass is 10.0. The molecule has 0 unspecified atom stereocenters. The molecule has 0 saturated carbocycles. The number of hydrogen-bond acceptors (Lipinski definition) is 2. The summed E-state index contributed by atoms with van der Waals surface area (Å²) >= 11 is 0. The largest absolute Gasteiger partial charge is 0.459 e. The SMILES string of the molecule is CC(C)(N)c1ccc(-c2ccc(F)cc2)o1. The molecule has 84 valence electrons. The molecule has 2 N–H and O–H groups in total. The molecule has 0 spiro atoms. The average molecular weight is 219 g/mol. The third kappa shape index (κ3) is 2.14. The minimum atomic E-state index is -0.502. The van der Waals surface area contributed by atoms with E-state index in [1.807, 2.05) is 26.0 Å². The van der Waals surface area contributed by atoms with Gasteiger partial charge in [-0.2, -0.15) is 0 Å². The summed E-state index contributed by atoms with van der Waals surface area (Å²) in [5.41, 5.74) is 6.26. The summed E-state index contributed by atoms with van der Waals surface area (Å²) in [5.74, 6) is 1.16. The van der Waals surface area contributed by atoms with Crippen LogP contribution in [0.4, 0.5) is 4.39 Å². The van der Waals surface area contributed by atoms with E-state index in [0.717, 1.165) is 5.56 Å². The van der Waals surface area contributed by atoms with Gasteiger partial charge in [0, 0.05) is 5.56 Å². The number of hydrogen-bond donors (Lipinski definition) is 1. The van der Waals surface area contributed by atoms with Crippen molar-refractivity contribution in [2.75, 3.05) is 0 Å². The maximum atomic E-state index is 12.7. The summed E-state index contributed by atoms with van der Waals surface area (Å²) in [6.45, 7) is 3.75. The number of benzene rings is 1. The molecule has 0 amide bonds. The quantitative estimate of drug-likeness (QED) is 0.841. The Kier molecular flexibility index (Phi) is 2.56. The Morgan fingerprint density at radius 3 is 2.19 bits per heavy atom. The van der Waals surface area contributed by atoms with Gasteiger partial charge in [-0.15, -0.1) is 0 Å². The highest BCUT2D eigenvalue weighted by Gasteiger charge is 2.18. The minimum absolute atomic E-state index is 0.255. The standard InChI is InChI=1S/C13H14FNO/c1-13(2,15)12-8-7-11(16-12)9-3-5-10(14)6-4-9/h3-8H,15H2,1-2H3. The maximum Gasteiger partial charge on any atom is 0.134 e. The number of nitrogens with two attached hydrogens (primary N) is 1. The van der Waals surface area contributed by atoms with Crippen LogP contribution in [0.15, 0.2) is 40.8 Å². The van der Waals surface area contributed by atoms with Gasteiger partial charge in [-0.05, 0) is 50.2 Å². The zero-order valence-electron chi connectivity index (χ0n) is 9.33. The lowest BCUT2D eigenvalue weighted by Gasteiger charge is -2.14. The number of rotatable bonds is 2. The fourth-order valence-electron chi connectivity index (χ4n) is 1.45. The summed E-state index contributed by atoms with van der Waals surface area (Å²) in [7, 11) is 0. The molecule has 0 aliphatic rings. The lowest BCUT2D eigenvalue weighted by Crippen LogP contribution is -2.27. The van der Waals surface area contributed by atoms with Crippen molar-refractivity contribution in [1.29, 1.82) is 0 Å². The minimum Gasteiger partial charge on any atom is -0.459 e. The molecule has 2 rings (SSSR count). The molecule has 0 aliphatic heterocycles. The van der Waals surface area contributed by atoms with Crippen LogP contribution < -0.4 is 5.73 Å². The van der Waals surface area contributed by atoms with E-state index in [1.165, 1.54) is 12.1 Å². The predicted octanol–water partition coefficient (Wildman–Crippen LogP) is 3.28. The van der Waals surface area contributed by atoms with Crippen LogP contribution in [0.25, 0.3) is 11.3 Å². The molecule has 0 bridgehead atoms. The van der Waals surface area contributed by atoms with E-state index < -0.39 is 5.54 Å². The summed E-state index contributed by atoms with van der Waals surface area (Å²) in [6.07, 6.45) is 0. The summed E-state index contributed by atoms with van der Waals surface area (Å²) in [4.78, 5) is 0. The third-order valence-electron chi connectivity index (χ3n) is 2.37. The van der Waals surface area contributed by atoms with E-state index in [4.69, 9.17) is 10.2 Å². The molecule has 0 fully saturated rings. The smallest absolute Gasteiger partial charge is 0.134 e. The highest BCUT2D eigenvalue weighted by molar-refractivity contribution is 5.57. The highest BCUT2D eigenvalue weighted by Crippen LogP contribution is 2.26. The molecule has 16 heavy (non-hydrogen) atoms. The van der Waals surface area contributed by atoms with E-state index in [9.17, 15) is 4.39 Å². The first-order valence-electron chi connectivity index (χ1n) is 5.12. The molecular weight excluding hydrogens is 205 g/mol. The molecule has 3 heteroatoms. The van der Waals surface area contributed by atoms with E-state index >= 15 is 0 Å². The van der Waals surface area contributed by atoms with Crippen molar-refractivity contribution in [1.82, 2.24) is 0 Å². The van der Waals surface area contributed by atoms with Gasteiger partial charge in [0.1, 0.15) is 17.3 Å². The van der Waals surface area contributed by atoms with Crippen LogP contribution in [0.2, 0.25) is 0 Å². The number of halogens is 1. The molecule has 2 aromatic rings. The van der Waals surface area contributed by atoms with E-state index in [2.05, 4.69) is 0 Å². The predicted molar refractivity (Wildman–Crippen MR) is 61.3 cm³/mol. The van der Waals surface area contributed by atoms with Crippen molar-refractivity contribution < 1.29 is 8.81 Å². The lowest BCUT2D eigenvalue weighted by molar-refractivity contribution is 0.401. The molecule has 0 saturated heterocycles. The van der Waals surface area contributed by atoms with Gasteiger partial charge in [-0.25, -0.2) is 4.39 Å². The second-order valence-electron chi connectivity index (χ2n) is 4.39. The van der Waals surface area contributed by atoms with Crippen LogP contribution in [0.5, 0.6) is 0 Å². The average Bonchev–Trinajstić information content (AvgIpc) is 2.67. The Labute approximate surface area is 93.9 Å². The Hall–Kier alpha value is -1.61. The van der Waals surface area contributed by atoms with Crippen LogP contribution in [0, 0.1) is 5.82 Å². The van der Waals surface area contributed by atoms with Crippen molar-refractivity contribution in [3.63, 3.8) is 0 Å². The zero-order valence-corrected chi connectivity index (χ0v) is 9.33. The zero-order chi connectivity index (χ0) is 11.8. The van der Waals surface area contributed by atoms with Crippen molar-refractivity contribution in [2.45, 2.75) is 19.4 Å². The van der Waals surface area contributed by atoms with Crippen LogP contribution in [-0.4, -0.2) is 0 Å². The molecule has 0 aliphatic carbocycles. The van der Waals surface area contributed by atoms with Crippen LogP contribution >= 0.6 is 0 Å². The van der Waals surface area contributed by atoms with Gasteiger partial charge < -0.3 is 10.2 Å². The van der Waals surface area contributed by atoms with Crippen LogP contribution in [0.1, 0.15) is 19.6 Å². The maximum absolute atomic E-state index is 12.7. The molecule has 0 radical (unpaired) electrons. The summed E-state index contributed by atoms with van der Waals surface area (Å²) in [5, 5.41) is 0. The first-order chi connectivity index (χ1) is 7.47. The van der Waals surface area contributed by atoms with Crippen molar-refractivity contribution in [3.8, 4) is 11.3 Å². The fraction of sp³-hybridized carbons (Fsp3) is 0.231. The Bertz CT molecular complexity index is 479. The molecule has 1 aromatic carbocycles. The normalized spacial score (nSPS) is 11.8. The van der Waals surface area contributed by atoms with Crippen LogP contribution in [-0.2, 0) is 5.54 Å². The first kappa shape index (κ1) is 10.9. The van der Waals surface area contributed by atoms with Gasteiger partial charge >= 0.3 is 0 Å². The summed E-state index contributed by atoms with van der Waals surface area (Å²) in [6, 6.07) is 9.87. The second-order valence-corrected chi connectivity index (χ2v) is 4.39. The van der Waals surface area contributed by atoms with Crippen LogP contribution in [0.3, 0.4) is 0 Å². The molecule has 1 heterocycles. The van der Waals surface area contributed by atoms with E-state index in [-0.39, 0.29) is 5.82 Å². The number of furan rings is 1. The van der Waals surface area contributed by atoms with E-state index in [1.54, 1.807) is 12.1 Å². The van der Waals surface area contributed by atoms with Gasteiger partial charge in [0.05, 0.1) is 5.54 Å². The molecular formula is C13H14FNO. The van der Waals surface area contributed by atoms with Gasteiger partial charge in [-0.1, -0.05) is 0 Å². The van der Waals surface area contributed by atoms with Crippen molar-refractivity contribution >= 4 is 0 Å². The van der Waals surface area contributed by atoms with Crippen molar-refractivity contribution in [3.05, 3.63) is 48.0 Å². The summed E-state index contributed by atoms with van der Waals surface area (Å²) < 4.78 is 18.4. The monoisotopic (exact) mass is 219 g/mol. The van der Waals surface area contributed by atoms with Gasteiger partial charge in [0.25, 0.3) is 0 Å². The molecule has 1 aromatic heterocycles. The van der Waals surface area contributed by atoms with Crippen molar-refractivity contribution in [2.24, 2.45) is 5.73 Å². The second kappa shape index (κ2) is 3.76. The first-order valence-corrected chi connectivity index (χ1v) is 5.12. The Balaban J connectivity index is 2.35. The Morgan fingerprint density at radius 2 is 1.69 bits per heavy atom. The molecule has 2 nitrogen and oxygen atoms in total. The Morgan fingerprint density at radius 1 is 1.06 bits per heavy atom.